The van der Waals surface area contributed by atoms with Crippen LogP contribution in [0.3, 0.4) is 0 Å². The number of nitrogens with one attached hydrogen (secondary N) is 2. The van der Waals surface area contributed by atoms with Crippen LogP contribution in [0.15, 0.2) is 0 Å². The molecular weight excluding hydrogens is 92.1 g/mol. The average Bonchev–Trinajstić information content (AvgIpc) is 1.61. The highest BCUT2D eigenvalue weighted by molar-refractivity contribution is 5.70. The SMILES string of the molecule is C#CCNC([NH])=O. The minimum Gasteiger partial charge on any atom is -0.326 e. The van der Waals surface area contributed by atoms with Gasteiger partial charge in [-0.15, -0.1) is 6.42 Å². The topological polar surface area (TPSA) is 52.9 Å². The maximum Gasteiger partial charge on any atom is 0.334 e. The molecule has 0 saturated carbocycles. The summed E-state index contributed by atoms with van der Waals surface area (Å²) >= 11 is 0. The Kier molecular flexibility index (Phi) is 2.53. The number of hydrogen-bond acceptors (Lipinski definition) is 1. The van der Waals surface area contributed by atoms with Gasteiger partial charge < -0.3 is 5.32 Å². The molecule has 0 aromatic carbocycles. The monoisotopic (exact) mass is 97.0 g/mol. The van der Waals surface area contributed by atoms with Gasteiger partial charge in [0.05, 0.1) is 6.54 Å². The maximum atomic E-state index is 9.66. The minimum absolute atomic E-state index is 0.141. The molecule has 1 radical (unpaired) electrons. The summed E-state index contributed by atoms with van der Waals surface area (Å²) in [5, 5.41) is 2.09. The van der Waals surface area contributed by atoms with Crippen LogP contribution in [0.1, 0.15) is 0 Å². The molecule has 3 heteroatoms. The largest absolute Gasteiger partial charge is 0.334 e. The van der Waals surface area contributed by atoms with E-state index in [9.17, 15) is 4.79 Å². The van der Waals surface area contributed by atoms with Crippen molar-refractivity contribution >= 4 is 6.03 Å². The predicted octanol–water partition coefficient (Wildman–Crippen LogP) is -0.388. The Morgan fingerprint density at radius 1 is 2.00 bits per heavy atom. The molecule has 0 spiro atoms. The minimum atomic E-state index is -0.835. The third-order valence-corrected chi connectivity index (χ3v) is 0.351. The molecule has 0 aliphatic heterocycles. The summed E-state index contributed by atoms with van der Waals surface area (Å²) in [6.07, 6.45) is 4.73. The van der Waals surface area contributed by atoms with E-state index < -0.39 is 6.03 Å². The number of terminal acetylenes is 1. The van der Waals surface area contributed by atoms with Crippen molar-refractivity contribution in [3.05, 3.63) is 0 Å². The zero-order valence-electron chi connectivity index (χ0n) is 3.69. The molecule has 0 heterocycles. The number of carbonyl (C=O) groups excluding carboxylic acids is 1. The Morgan fingerprint density at radius 3 is 2.71 bits per heavy atom. The van der Waals surface area contributed by atoms with Gasteiger partial charge in [-0.2, -0.15) is 0 Å². The average molecular weight is 97.1 g/mol. The third-order valence-electron chi connectivity index (χ3n) is 0.351. The van der Waals surface area contributed by atoms with Crippen molar-refractivity contribution < 1.29 is 4.79 Å². The van der Waals surface area contributed by atoms with Gasteiger partial charge in [-0.05, 0) is 0 Å². The van der Waals surface area contributed by atoms with Crippen LogP contribution in [0, 0.1) is 12.3 Å². The molecule has 0 atom stereocenters. The van der Waals surface area contributed by atoms with Gasteiger partial charge in [0, 0.05) is 0 Å². The Hall–Kier alpha value is -1.17. The Morgan fingerprint density at radius 2 is 2.57 bits per heavy atom. The Labute approximate surface area is 41.9 Å². The van der Waals surface area contributed by atoms with E-state index in [1.807, 2.05) is 0 Å². The number of urea groups is 1. The van der Waals surface area contributed by atoms with Gasteiger partial charge in [-0.3, -0.25) is 0 Å². The quantitative estimate of drug-likeness (QED) is 0.445. The Bertz CT molecular complexity index is 103. The molecule has 0 aliphatic rings. The van der Waals surface area contributed by atoms with Crippen LogP contribution in [0.25, 0.3) is 0 Å². The van der Waals surface area contributed by atoms with Crippen LogP contribution in [0.4, 0.5) is 4.79 Å². The van der Waals surface area contributed by atoms with Gasteiger partial charge >= 0.3 is 6.03 Å². The van der Waals surface area contributed by atoms with Crippen molar-refractivity contribution in [2.24, 2.45) is 0 Å². The lowest BCUT2D eigenvalue weighted by atomic mass is 10.7. The molecule has 3 nitrogen and oxygen atoms in total. The lowest BCUT2D eigenvalue weighted by molar-refractivity contribution is 0.249. The second-order valence-corrected chi connectivity index (χ2v) is 0.887. The highest BCUT2D eigenvalue weighted by Gasteiger charge is 1.83. The van der Waals surface area contributed by atoms with Crippen molar-refractivity contribution in [3.8, 4) is 12.3 Å². The molecule has 0 fully saturated rings. The van der Waals surface area contributed by atoms with E-state index in [4.69, 9.17) is 12.2 Å². The summed E-state index contributed by atoms with van der Waals surface area (Å²) in [7, 11) is 0. The fourth-order valence-electron chi connectivity index (χ4n) is 0.131. The van der Waals surface area contributed by atoms with Gasteiger partial charge in [0.25, 0.3) is 0 Å². The van der Waals surface area contributed by atoms with Gasteiger partial charge in [0.1, 0.15) is 0 Å². The third kappa shape index (κ3) is 4.83. The summed E-state index contributed by atoms with van der Waals surface area (Å²) in [5.74, 6) is 2.15. The van der Waals surface area contributed by atoms with E-state index in [2.05, 4.69) is 11.2 Å². The van der Waals surface area contributed by atoms with Crippen molar-refractivity contribution in [2.45, 2.75) is 0 Å². The molecule has 0 unspecified atom stereocenters. The second-order valence-electron chi connectivity index (χ2n) is 0.887. The van der Waals surface area contributed by atoms with E-state index in [1.54, 1.807) is 0 Å². The molecule has 0 rings (SSSR count). The molecule has 2 N–H and O–H groups in total. The van der Waals surface area contributed by atoms with Crippen LogP contribution >= 0.6 is 0 Å². The van der Waals surface area contributed by atoms with Gasteiger partial charge in [0.2, 0.25) is 0 Å². The van der Waals surface area contributed by atoms with Crippen LogP contribution < -0.4 is 11.1 Å². The Balaban J connectivity index is 3.02. The van der Waals surface area contributed by atoms with Gasteiger partial charge in [-0.25, -0.2) is 10.5 Å². The summed E-state index contributed by atoms with van der Waals surface area (Å²) in [5.41, 5.74) is 6.24. The normalized spacial score (nSPS) is 6.71. The van der Waals surface area contributed by atoms with Crippen molar-refractivity contribution in [2.75, 3.05) is 6.54 Å². The highest BCUT2D eigenvalue weighted by Crippen LogP contribution is 1.53. The van der Waals surface area contributed by atoms with E-state index >= 15 is 0 Å². The number of hydrogen-bond donors (Lipinski definition) is 1. The van der Waals surface area contributed by atoms with Crippen LogP contribution in [0.2, 0.25) is 0 Å². The second kappa shape index (κ2) is 3.04. The number of rotatable bonds is 1. The summed E-state index contributed by atoms with van der Waals surface area (Å²) in [4.78, 5) is 9.66. The lowest BCUT2D eigenvalue weighted by Gasteiger charge is -1.87. The predicted molar refractivity (Wildman–Crippen MR) is 25.3 cm³/mol. The number of carbonyl (C=O) groups is 1. The first-order chi connectivity index (χ1) is 3.27. The first-order valence-electron chi connectivity index (χ1n) is 1.70. The highest BCUT2D eigenvalue weighted by atomic mass is 16.2. The molecule has 0 aliphatic carbocycles. The van der Waals surface area contributed by atoms with Gasteiger partial charge in [0.15, 0.2) is 0 Å². The smallest absolute Gasteiger partial charge is 0.326 e. The van der Waals surface area contributed by atoms with E-state index in [1.165, 1.54) is 0 Å². The van der Waals surface area contributed by atoms with Crippen LogP contribution in [0.5, 0.6) is 0 Å². The lowest BCUT2D eigenvalue weighted by Crippen LogP contribution is -2.21. The molecule has 0 saturated heterocycles. The van der Waals surface area contributed by atoms with Crippen molar-refractivity contribution in [1.82, 2.24) is 11.1 Å². The first kappa shape index (κ1) is 5.83. The van der Waals surface area contributed by atoms with Crippen molar-refractivity contribution in [3.63, 3.8) is 0 Å². The zero-order valence-corrected chi connectivity index (χ0v) is 3.69. The summed E-state index contributed by atoms with van der Waals surface area (Å²) < 4.78 is 0. The van der Waals surface area contributed by atoms with Gasteiger partial charge in [-0.1, -0.05) is 5.92 Å². The van der Waals surface area contributed by atoms with E-state index in [0.29, 0.717) is 0 Å². The molecule has 0 aromatic heterocycles. The number of amides is 2. The fraction of sp³-hybridized carbons (Fsp3) is 0.250. The fourth-order valence-corrected chi connectivity index (χ4v) is 0.131. The molecule has 7 heavy (non-hydrogen) atoms. The summed E-state index contributed by atoms with van der Waals surface area (Å²) in [6.45, 7) is 0.141. The molecule has 2 amide bonds. The maximum absolute atomic E-state index is 9.66. The molecule has 0 aromatic rings. The molecule has 0 bridgehead atoms. The standard InChI is InChI=1S/C4H5N2O/c1-2-3-6-4(5)7/h1,5H,3H2,(H,6,7). The molecule has 37 valence electrons. The first-order valence-corrected chi connectivity index (χ1v) is 1.70. The molecular formula is C4H5N2O. The van der Waals surface area contributed by atoms with Crippen molar-refractivity contribution in [1.29, 1.82) is 0 Å². The summed E-state index contributed by atoms with van der Waals surface area (Å²) in [6, 6.07) is -0.835. The van der Waals surface area contributed by atoms with Crippen LogP contribution in [-0.2, 0) is 0 Å². The van der Waals surface area contributed by atoms with E-state index in [-0.39, 0.29) is 6.54 Å². The van der Waals surface area contributed by atoms with Crippen LogP contribution in [-0.4, -0.2) is 12.6 Å². The zero-order chi connectivity index (χ0) is 5.70. The van der Waals surface area contributed by atoms with E-state index in [0.717, 1.165) is 0 Å².